The molecule has 1 amide bonds. The molecule has 4 rings (SSSR count). The van der Waals surface area contributed by atoms with Crippen LogP contribution >= 0.6 is 39.0 Å². The minimum Gasteiger partial charge on any atom is -0.461 e. The summed E-state index contributed by atoms with van der Waals surface area (Å²) in [4.78, 5) is 26.4. The fourth-order valence-electron chi connectivity index (χ4n) is 2.74. The molecule has 3 heterocycles. The number of anilines is 1. The monoisotopic (exact) mass is 486 g/mol. The maximum Gasteiger partial charge on any atom is 0.262 e. The maximum atomic E-state index is 12.9. The summed E-state index contributed by atoms with van der Waals surface area (Å²) in [6.45, 7) is 1.79. The van der Waals surface area contributed by atoms with Crippen molar-refractivity contribution in [3.05, 3.63) is 63.8 Å². The zero-order chi connectivity index (χ0) is 20.4. The van der Waals surface area contributed by atoms with Gasteiger partial charge in [-0.2, -0.15) is 0 Å². The number of hydrogen-bond donors (Lipinski definition) is 1. The number of thiazole rings is 1. The largest absolute Gasteiger partial charge is 0.461 e. The highest BCUT2D eigenvalue weighted by Gasteiger charge is 2.21. The molecule has 0 unspecified atom stereocenters. The van der Waals surface area contributed by atoms with Gasteiger partial charge < -0.3 is 4.42 Å². The summed E-state index contributed by atoms with van der Waals surface area (Å²) in [5.41, 5.74) is 2.80. The highest BCUT2D eigenvalue weighted by molar-refractivity contribution is 9.10. The molecule has 3 aromatic heterocycles. The fourth-order valence-corrected chi connectivity index (χ4v) is 4.48. The first-order valence-electron chi connectivity index (χ1n) is 8.54. The summed E-state index contributed by atoms with van der Waals surface area (Å²) >= 11 is 6.22. The smallest absolute Gasteiger partial charge is 0.262 e. The number of rotatable bonds is 5. The Bertz CT molecular complexity index is 1180. The Kier molecular flexibility index (Phi) is 5.79. The number of amides is 1. The first-order valence-corrected chi connectivity index (χ1v) is 11.4. The molecule has 29 heavy (non-hydrogen) atoms. The number of aromatic nitrogens is 3. The van der Waals surface area contributed by atoms with Crippen molar-refractivity contribution in [1.29, 1.82) is 0 Å². The van der Waals surface area contributed by atoms with Crippen LogP contribution in [0, 0.1) is 6.92 Å². The fraction of sp³-hybridized carbons (Fsp3) is 0.100. The highest BCUT2D eigenvalue weighted by Crippen LogP contribution is 2.29. The molecule has 0 bridgehead atoms. The molecule has 0 saturated carbocycles. The number of furan rings is 1. The number of aryl methyl sites for hydroxylation is 1. The van der Waals surface area contributed by atoms with Crippen molar-refractivity contribution in [3.8, 4) is 22.8 Å². The zero-order valence-corrected chi connectivity index (χ0v) is 18.7. The van der Waals surface area contributed by atoms with Crippen LogP contribution in [0.1, 0.15) is 16.1 Å². The van der Waals surface area contributed by atoms with E-state index in [1.165, 1.54) is 23.1 Å². The number of hydrogen-bond acceptors (Lipinski definition) is 7. The molecule has 0 atom stereocenters. The lowest BCUT2D eigenvalue weighted by molar-refractivity contribution is 0.102. The maximum absolute atomic E-state index is 12.9. The molecule has 4 aromatic rings. The van der Waals surface area contributed by atoms with Gasteiger partial charge in [0.2, 0.25) is 0 Å². The summed E-state index contributed by atoms with van der Waals surface area (Å²) < 4.78 is 6.35. The summed E-state index contributed by atoms with van der Waals surface area (Å²) in [5, 5.41) is 5.89. The average Bonchev–Trinajstić information content (AvgIpc) is 3.39. The molecule has 0 aliphatic rings. The summed E-state index contributed by atoms with van der Waals surface area (Å²) in [6.07, 6.45) is 3.44. The van der Waals surface area contributed by atoms with E-state index in [2.05, 4.69) is 36.2 Å². The van der Waals surface area contributed by atoms with Gasteiger partial charge in [0.25, 0.3) is 5.91 Å². The average molecular weight is 487 g/mol. The number of halogens is 1. The van der Waals surface area contributed by atoms with E-state index in [0.717, 1.165) is 15.7 Å². The van der Waals surface area contributed by atoms with Crippen LogP contribution in [0.25, 0.3) is 22.8 Å². The predicted molar refractivity (Wildman–Crippen MR) is 119 cm³/mol. The second-order valence-electron chi connectivity index (χ2n) is 6.00. The molecular formula is C20H15BrN4O2S2. The Hall–Kier alpha value is -2.49. The van der Waals surface area contributed by atoms with Crippen LogP contribution in [0.15, 0.2) is 62.0 Å². The summed E-state index contributed by atoms with van der Waals surface area (Å²) in [6, 6.07) is 11.4. The van der Waals surface area contributed by atoms with Crippen LogP contribution in [0.2, 0.25) is 0 Å². The Morgan fingerprint density at radius 2 is 2.07 bits per heavy atom. The third kappa shape index (κ3) is 4.26. The van der Waals surface area contributed by atoms with Crippen molar-refractivity contribution in [1.82, 2.24) is 15.0 Å². The minimum atomic E-state index is -0.284. The Morgan fingerprint density at radius 3 is 2.79 bits per heavy atom. The second kappa shape index (κ2) is 8.48. The second-order valence-corrected chi connectivity index (χ2v) is 8.57. The molecule has 146 valence electrons. The van der Waals surface area contributed by atoms with Crippen molar-refractivity contribution in [2.24, 2.45) is 0 Å². The lowest BCUT2D eigenvalue weighted by atomic mass is 10.2. The lowest BCUT2D eigenvalue weighted by Crippen LogP contribution is -2.16. The molecule has 0 fully saturated rings. The third-order valence-electron chi connectivity index (χ3n) is 4.06. The van der Waals surface area contributed by atoms with Crippen LogP contribution in [-0.2, 0) is 0 Å². The molecule has 0 spiro atoms. The van der Waals surface area contributed by atoms with E-state index in [1.807, 2.05) is 35.9 Å². The van der Waals surface area contributed by atoms with Gasteiger partial charge in [0.1, 0.15) is 5.03 Å². The van der Waals surface area contributed by atoms with Crippen LogP contribution in [0.3, 0.4) is 0 Å². The quantitative estimate of drug-likeness (QED) is 0.279. The number of carbonyl (C=O) groups is 1. The van der Waals surface area contributed by atoms with Crippen LogP contribution in [-0.4, -0.2) is 27.1 Å². The van der Waals surface area contributed by atoms with E-state index in [0.29, 0.717) is 33.0 Å². The van der Waals surface area contributed by atoms with Crippen molar-refractivity contribution < 1.29 is 9.21 Å². The summed E-state index contributed by atoms with van der Waals surface area (Å²) in [5.74, 6) is 0.738. The molecular weight excluding hydrogens is 472 g/mol. The standard InChI is InChI=1S/C20H15BrN4O2S2/c1-11-16(19(28-2)24-17(22-11)15-7-4-8-27-15)18(26)25-20-23-14(10-29-20)12-5-3-6-13(21)9-12/h3-10H,1-2H3,(H,23,25,26). The van der Waals surface area contributed by atoms with E-state index < -0.39 is 0 Å². The molecule has 1 N–H and O–H groups in total. The molecule has 1 aromatic carbocycles. The molecule has 0 saturated heterocycles. The Balaban J connectivity index is 1.60. The summed E-state index contributed by atoms with van der Waals surface area (Å²) in [7, 11) is 0. The topological polar surface area (TPSA) is 80.9 Å². The van der Waals surface area contributed by atoms with E-state index in [1.54, 1.807) is 25.3 Å². The van der Waals surface area contributed by atoms with Gasteiger partial charge in [-0.15, -0.1) is 23.1 Å². The molecule has 6 nitrogen and oxygen atoms in total. The van der Waals surface area contributed by atoms with Gasteiger partial charge in [-0.1, -0.05) is 28.1 Å². The number of nitrogens with zero attached hydrogens (tertiary/aromatic N) is 3. The normalized spacial score (nSPS) is 10.9. The Morgan fingerprint density at radius 1 is 1.21 bits per heavy atom. The molecule has 0 aliphatic carbocycles. The van der Waals surface area contributed by atoms with Gasteiger partial charge in [-0.05, 0) is 37.4 Å². The van der Waals surface area contributed by atoms with Gasteiger partial charge in [-0.3, -0.25) is 10.1 Å². The van der Waals surface area contributed by atoms with Gasteiger partial charge in [0.15, 0.2) is 16.7 Å². The van der Waals surface area contributed by atoms with E-state index >= 15 is 0 Å². The first-order chi connectivity index (χ1) is 14.0. The molecule has 9 heteroatoms. The first kappa shape index (κ1) is 19.8. The molecule has 0 aliphatic heterocycles. The SMILES string of the molecule is CSc1nc(-c2ccco2)nc(C)c1C(=O)Nc1nc(-c2cccc(Br)c2)cs1. The van der Waals surface area contributed by atoms with E-state index in [9.17, 15) is 4.79 Å². The van der Waals surface area contributed by atoms with Crippen LogP contribution < -0.4 is 5.32 Å². The van der Waals surface area contributed by atoms with Crippen molar-refractivity contribution >= 4 is 50.1 Å². The lowest BCUT2D eigenvalue weighted by Gasteiger charge is -2.10. The van der Waals surface area contributed by atoms with Gasteiger partial charge in [0.05, 0.1) is 23.2 Å². The number of carbonyl (C=O) groups excluding carboxylic acids is 1. The van der Waals surface area contributed by atoms with Gasteiger partial charge in [0, 0.05) is 15.4 Å². The molecule has 0 radical (unpaired) electrons. The number of nitrogens with one attached hydrogen (secondary N) is 1. The number of thioether (sulfide) groups is 1. The minimum absolute atomic E-state index is 0.284. The van der Waals surface area contributed by atoms with Crippen LogP contribution in [0.5, 0.6) is 0 Å². The van der Waals surface area contributed by atoms with E-state index in [-0.39, 0.29) is 5.91 Å². The van der Waals surface area contributed by atoms with Gasteiger partial charge in [-0.25, -0.2) is 15.0 Å². The van der Waals surface area contributed by atoms with E-state index in [4.69, 9.17) is 4.42 Å². The van der Waals surface area contributed by atoms with Crippen LogP contribution in [0.4, 0.5) is 5.13 Å². The highest BCUT2D eigenvalue weighted by atomic mass is 79.9. The van der Waals surface area contributed by atoms with Crippen molar-refractivity contribution in [2.75, 3.05) is 11.6 Å². The number of benzene rings is 1. The Labute approximate surface area is 183 Å². The van der Waals surface area contributed by atoms with Gasteiger partial charge >= 0.3 is 0 Å². The van der Waals surface area contributed by atoms with Crippen molar-refractivity contribution in [3.63, 3.8) is 0 Å². The predicted octanol–water partition coefficient (Wildman–Crippen LogP) is 5.91. The van der Waals surface area contributed by atoms with Crippen molar-refractivity contribution in [2.45, 2.75) is 11.9 Å². The zero-order valence-electron chi connectivity index (χ0n) is 15.5. The third-order valence-corrected chi connectivity index (χ3v) is 6.00.